The summed E-state index contributed by atoms with van der Waals surface area (Å²) in [5, 5.41) is 11.2. The van der Waals surface area contributed by atoms with Crippen LogP contribution in [0.25, 0.3) is 10.9 Å². The highest BCUT2D eigenvalue weighted by atomic mass is 32.2. The molecule has 0 bridgehead atoms. The summed E-state index contributed by atoms with van der Waals surface area (Å²) in [5.41, 5.74) is 3.06. The minimum Gasteiger partial charge on any atom is -0.390 e. The summed E-state index contributed by atoms with van der Waals surface area (Å²) in [6.07, 6.45) is 3.53. The van der Waals surface area contributed by atoms with Crippen LogP contribution in [0.4, 0.5) is 0 Å². The van der Waals surface area contributed by atoms with Crippen LogP contribution in [0.15, 0.2) is 47.9 Å². The van der Waals surface area contributed by atoms with Gasteiger partial charge in [-0.05, 0) is 11.6 Å². The van der Waals surface area contributed by atoms with E-state index in [0.717, 1.165) is 27.5 Å². The third kappa shape index (κ3) is 2.42. The number of hydrogen-bond acceptors (Lipinski definition) is 4. The predicted molar refractivity (Wildman–Crippen MR) is 80.4 cm³/mol. The number of para-hydroxylation sites is 1. The Morgan fingerprint density at radius 1 is 1.20 bits per heavy atom. The average Bonchev–Trinajstić information content (AvgIpc) is 2.85. The van der Waals surface area contributed by atoms with Gasteiger partial charge in [0.2, 0.25) is 0 Å². The molecule has 0 spiro atoms. The molecule has 0 radical (unpaired) electrons. The molecule has 0 aliphatic carbocycles. The van der Waals surface area contributed by atoms with Crippen molar-refractivity contribution in [2.24, 2.45) is 7.05 Å². The van der Waals surface area contributed by atoms with Crippen molar-refractivity contribution < 1.29 is 5.11 Å². The maximum absolute atomic E-state index is 9.18. The fourth-order valence-corrected chi connectivity index (χ4v) is 3.09. The zero-order chi connectivity index (χ0) is 13.9. The summed E-state index contributed by atoms with van der Waals surface area (Å²) in [6.45, 7) is 0.0138. The minimum absolute atomic E-state index is 0.0138. The van der Waals surface area contributed by atoms with Crippen molar-refractivity contribution in [2.45, 2.75) is 17.5 Å². The fourth-order valence-electron chi connectivity index (χ4n) is 2.13. The average molecular weight is 285 g/mol. The van der Waals surface area contributed by atoms with Crippen LogP contribution in [0.5, 0.6) is 0 Å². The van der Waals surface area contributed by atoms with Crippen molar-refractivity contribution >= 4 is 22.7 Å². The molecular weight excluding hydrogens is 270 g/mol. The molecule has 0 fully saturated rings. The highest BCUT2D eigenvalue weighted by Gasteiger charge is 2.08. The van der Waals surface area contributed by atoms with Gasteiger partial charge in [-0.1, -0.05) is 36.0 Å². The number of benzene rings is 1. The zero-order valence-electron chi connectivity index (χ0n) is 11.2. The van der Waals surface area contributed by atoms with Crippen molar-refractivity contribution in [1.29, 1.82) is 0 Å². The van der Waals surface area contributed by atoms with Crippen LogP contribution in [0, 0.1) is 0 Å². The molecular formula is C15H15N3OS. The molecule has 5 heteroatoms. The highest BCUT2D eigenvalue weighted by molar-refractivity contribution is 7.98. The van der Waals surface area contributed by atoms with E-state index in [1.54, 1.807) is 18.0 Å². The maximum atomic E-state index is 9.18. The quantitative estimate of drug-likeness (QED) is 0.749. The van der Waals surface area contributed by atoms with Crippen LogP contribution in [0.1, 0.15) is 11.3 Å². The molecule has 0 amide bonds. The van der Waals surface area contributed by atoms with Crippen molar-refractivity contribution in [2.75, 3.05) is 0 Å². The molecule has 0 atom stereocenters. The van der Waals surface area contributed by atoms with Crippen molar-refractivity contribution in [3.8, 4) is 0 Å². The summed E-state index contributed by atoms with van der Waals surface area (Å²) in [4.78, 5) is 8.78. The monoisotopic (exact) mass is 285 g/mol. The summed E-state index contributed by atoms with van der Waals surface area (Å²) in [5.74, 6) is 0.810. The van der Waals surface area contributed by atoms with Crippen LogP contribution in [0.3, 0.4) is 0 Å². The Morgan fingerprint density at radius 2 is 2.05 bits per heavy atom. The Kier molecular flexibility index (Phi) is 3.71. The molecule has 0 saturated carbocycles. The second kappa shape index (κ2) is 5.64. The Morgan fingerprint density at radius 3 is 2.85 bits per heavy atom. The van der Waals surface area contributed by atoms with E-state index in [1.807, 2.05) is 23.9 Å². The number of imidazole rings is 1. The molecule has 2 aromatic heterocycles. The number of pyridine rings is 1. The molecule has 0 aliphatic heterocycles. The second-order valence-corrected chi connectivity index (χ2v) is 5.47. The van der Waals surface area contributed by atoms with Gasteiger partial charge in [-0.2, -0.15) is 0 Å². The first kappa shape index (κ1) is 13.1. The summed E-state index contributed by atoms with van der Waals surface area (Å²) in [7, 11) is 1.92. The van der Waals surface area contributed by atoms with Crippen LogP contribution in [-0.2, 0) is 19.4 Å². The standard InChI is InChI=1S/C15H15N3OS/c1-18-13(9-19)8-17-15(18)20-10-12-5-2-4-11-6-3-7-16-14(11)12/h2-8,19H,9-10H2,1H3. The van der Waals surface area contributed by atoms with E-state index in [0.29, 0.717) is 0 Å². The lowest BCUT2D eigenvalue weighted by atomic mass is 10.1. The van der Waals surface area contributed by atoms with Gasteiger partial charge in [-0.25, -0.2) is 4.98 Å². The number of nitrogens with zero attached hydrogens (tertiary/aromatic N) is 3. The van der Waals surface area contributed by atoms with Gasteiger partial charge in [0.25, 0.3) is 0 Å². The number of aromatic nitrogens is 3. The predicted octanol–water partition coefficient (Wildman–Crippen LogP) is 2.75. The van der Waals surface area contributed by atoms with Crippen LogP contribution in [0.2, 0.25) is 0 Å². The van der Waals surface area contributed by atoms with Crippen molar-refractivity contribution in [3.05, 3.63) is 54.0 Å². The van der Waals surface area contributed by atoms with Crippen molar-refractivity contribution in [3.63, 3.8) is 0 Å². The molecule has 0 aliphatic rings. The van der Waals surface area contributed by atoms with Gasteiger partial charge in [-0.15, -0.1) is 0 Å². The lowest BCUT2D eigenvalue weighted by Gasteiger charge is -2.06. The fraction of sp³-hybridized carbons (Fsp3) is 0.200. The van der Waals surface area contributed by atoms with Gasteiger partial charge in [0.15, 0.2) is 5.16 Å². The normalized spacial score (nSPS) is 11.1. The van der Waals surface area contributed by atoms with E-state index >= 15 is 0 Å². The van der Waals surface area contributed by atoms with Gasteiger partial charge in [0.05, 0.1) is 24.0 Å². The molecule has 0 saturated heterocycles. The smallest absolute Gasteiger partial charge is 0.168 e. The topological polar surface area (TPSA) is 50.9 Å². The summed E-state index contributed by atoms with van der Waals surface area (Å²) >= 11 is 1.65. The first-order chi connectivity index (χ1) is 9.79. The summed E-state index contributed by atoms with van der Waals surface area (Å²) < 4.78 is 1.92. The zero-order valence-corrected chi connectivity index (χ0v) is 12.0. The first-order valence-electron chi connectivity index (χ1n) is 6.36. The second-order valence-electron chi connectivity index (χ2n) is 4.53. The van der Waals surface area contributed by atoms with Gasteiger partial charge < -0.3 is 9.67 Å². The lowest BCUT2D eigenvalue weighted by Crippen LogP contribution is -1.97. The van der Waals surface area contributed by atoms with Crippen molar-refractivity contribution in [1.82, 2.24) is 14.5 Å². The van der Waals surface area contributed by atoms with Gasteiger partial charge in [0, 0.05) is 24.4 Å². The maximum Gasteiger partial charge on any atom is 0.168 e. The molecule has 1 N–H and O–H groups in total. The molecule has 3 rings (SSSR count). The number of thioether (sulfide) groups is 1. The molecule has 0 unspecified atom stereocenters. The van der Waals surface area contributed by atoms with E-state index in [4.69, 9.17) is 0 Å². The molecule has 3 aromatic rings. The Balaban J connectivity index is 1.85. The van der Waals surface area contributed by atoms with Crippen LogP contribution in [-0.4, -0.2) is 19.6 Å². The Bertz CT molecular complexity index is 734. The minimum atomic E-state index is 0.0138. The van der Waals surface area contributed by atoms with E-state index < -0.39 is 0 Å². The van der Waals surface area contributed by atoms with Crippen LogP contribution >= 0.6 is 11.8 Å². The largest absolute Gasteiger partial charge is 0.390 e. The van der Waals surface area contributed by atoms with E-state index in [2.05, 4.69) is 34.2 Å². The highest BCUT2D eigenvalue weighted by Crippen LogP contribution is 2.25. The molecule has 2 heterocycles. The number of rotatable bonds is 4. The van der Waals surface area contributed by atoms with Gasteiger partial charge >= 0.3 is 0 Å². The third-order valence-corrected chi connectivity index (χ3v) is 4.37. The summed E-state index contributed by atoms with van der Waals surface area (Å²) in [6, 6.07) is 10.2. The number of hydrogen-bond donors (Lipinski definition) is 1. The van der Waals surface area contributed by atoms with E-state index in [9.17, 15) is 5.11 Å². The SMILES string of the molecule is Cn1c(CO)cnc1SCc1cccc2cccnc12. The van der Waals surface area contributed by atoms with E-state index in [-0.39, 0.29) is 6.61 Å². The molecule has 4 nitrogen and oxygen atoms in total. The van der Waals surface area contributed by atoms with Crippen LogP contribution < -0.4 is 0 Å². The Hall–Kier alpha value is -1.85. The number of fused-ring (bicyclic) bond motifs is 1. The third-order valence-electron chi connectivity index (χ3n) is 3.28. The number of aliphatic hydroxyl groups is 1. The number of aliphatic hydroxyl groups excluding tert-OH is 1. The van der Waals surface area contributed by atoms with Gasteiger partial charge in [-0.3, -0.25) is 4.98 Å². The molecule has 102 valence electrons. The molecule has 1 aromatic carbocycles. The van der Waals surface area contributed by atoms with E-state index in [1.165, 1.54) is 5.56 Å². The molecule has 20 heavy (non-hydrogen) atoms. The first-order valence-corrected chi connectivity index (χ1v) is 7.35. The van der Waals surface area contributed by atoms with Gasteiger partial charge in [0.1, 0.15) is 0 Å². The Labute approximate surface area is 121 Å². The lowest BCUT2D eigenvalue weighted by molar-refractivity contribution is 0.271.